The van der Waals surface area contributed by atoms with E-state index >= 15 is 0 Å². The third-order valence-corrected chi connectivity index (χ3v) is 3.93. The first-order valence-corrected chi connectivity index (χ1v) is 7.63. The number of rotatable bonds is 5. The minimum absolute atomic E-state index is 0.0978. The molecule has 2 aromatic rings. The van der Waals surface area contributed by atoms with Crippen LogP contribution < -0.4 is 10.6 Å². The Kier molecular flexibility index (Phi) is 5.33. The maximum Gasteiger partial charge on any atom is 0.251 e. The second-order valence-electron chi connectivity index (χ2n) is 4.61. The lowest BCUT2D eigenvalue weighted by atomic mass is 10.1. The molecular formula is C16H18BrN3O. The number of carbonyl (C=O) groups excluding carboxylic acids is 1. The Bertz CT molecular complexity index is 621. The van der Waals surface area contributed by atoms with Crippen molar-refractivity contribution in [3.63, 3.8) is 0 Å². The fraction of sp³-hybridized carbons (Fsp3) is 0.250. The molecule has 4 nitrogen and oxygen atoms in total. The Balaban J connectivity index is 2.11. The number of aromatic nitrogens is 1. The van der Waals surface area contributed by atoms with Crippen molar-refractivity contribution in [2.24, 2.45) is 0 Å². The van der Waals surface area contributed by atoms with Crippen molar-refractivity contribution in [3.8, 4) is 0 Å². The molecule has 2 rings (SSSR count). The van der Waals surface area contributed by atoms with Crippen LogP contribution in [-0.2, 0) is 13.0 Å². The summed E-state index contributed by atoms with van der Waals surface area (Å²) in [5.41, 5.74) is 2.57. The molecule has 0 saturated heterocycles. The van der Waals surface area contributed by atoms with Gasteiger partial charge in [-0.05, 0) is 30.2 Å². The highest BCUT2D eigenvalue weighted by Gasteiger charge is 2.09. The van der Waals surface area contributed by atoms with E-state index in [9.17, 15) is 4.79 Å². The second kappa shape index (κ2) is 7.22. The number of benzene rings is 1. The van der Waals surface area contributed by atoms with E-state index in [1.54, 1.807) is 13.1 Å². The first kappa shape index (κ1) is 15.5. The molecule has 1 aromatic carbocycles. The van der Waals surface area contributed by atoms with Crippen molar-refractivity contribution < 1.29 is 4.79 Å². The average Bonchev–Trinajstić information content (AvgIpc) is 2.53. The van der Waals surface area contributed by atoms with Gasteiger partial charge in [-0.15, -0.1) is 0 Å². The van der Waals surface area contributed by atoms with Gasteiger partial charge >= 0.3 is 0 Å². The molecule has 0 aliphatic rings. The number of hydrogen-bond acceptors (Lipinski definition) is 3. The van der Waals surface area contributed by atoms with Crippen LogP contribution in [-0.4, -0.2) is 17.9 Å². The van der Waals surface area contributed by atoms with Crippen LogP contribution in [0.5, 0.6) is 0 Å². The number of amides is 1. The molecule has 1 amide bonds. The predicted octanol–water partition coefficient (Wildman–Crippen LogP) is 3.38. The van der Waals surface area contributed by atoms with Crippen LogP contribution in [0.3, 0.4) is 0 Å². The van der Waals surface area contributed by atoms with Crippen molar-refractivity contribution in [2.75, 3.05) is 12.4 Å². The number of carbonyl (C=O) groups is 1. The van der Waals surface area contributed by atoms with E-state index in [0.29, 0.717) is 17.9 Å². The van der Waals surface area contributed by atoms with Crippen LogP contribution in [0, 0.1) is 0 Å². The summed E-state index contributed by atoms with van der Waals surface area (Å²) in [5.74, 6) is 0.611. The normalized spacial score (nSPS) is 10.2. The minimum Gasteiger partial charge on any atom is -0.373 e. The summed E-state index contributed by atoms with van der Waals surface area (Å²) < 4.78 is 0.991. The molecule has 0 spiro atoms. The van der Waals surface area contributed by atoms with Gasteiger partial charge in [-0.25, -0.2) is 4.98 Å². The number of halogens is 1. The summed E-state index contributed by atoms with van der Waals surface area (Å²) in [6, 6.07) is 11.4. The Morgan fingerprint density at radius 2 is 2.05 bits per heavy atom. The van der Waals surface area contributed by atoms with Crippen LogP contribution in [0.4, 0.5) is 5.82 Å². The minimum atomic E-state index is -0.0978. The predicted molar refractivity (Wildman–Crippen MR) is 88.5 cm³/mol. The summed E-state index contributed by atoms with van der Waals surface area (Å²) in [6.45, 7) is 2.50. The fourth-order valence-corrected chi connectivity index (χ4v) is 2.37. The van der Waals surface area contributed by atoms with E-state index in [1.807, 2.05) is 37.3 Å². The maximum atomic E-state index is 12.3. The zero-order valence-electron chi connectivity index (χ0n) is 12.1. The first-order chi connectivity index (χ1) is 10.1. The van der Waals surface area contributed by atoms with E-state index in [0.717, 1.165) is 22.2 Å². The van der Waals surface area contributed by atoms with Gasteiger partial charge in [-0.1, -0.05) is 41.1 Å². The summed E-state index contributed by atoms with van der Waals surface area (Å²) >= 11 is 3.48. The van der Waals surface area contributed by atoms with Gasteiger partial charge in [0.1, 0.15) is 5.82 Å². The third kappa shape index (κ3) is 4.04. The van der Waals surface area contributed by atoms with Gasteiger partial charge in [0.05, 0.1) is 0 Å². The fourth-order valence-electron chi connectivity index (χ4n) is 1.95. The summed E-state index contributed by atoms with van der Waals surface area (Å²) in [5, 5.41) is 5.92. The molecule has 21 heavy (non-hydrogen) atoms. The number of pyridine rings is 1. The molecule has 5 heteroatoms. The Hall–Kier alpha value is -1.88. The number of hydrogen-bond donors (Lipinski definition) is 2. The van der Waals surface area contributed by atoms with Gasteiger partial charge in [0.15, 0.2) is 0 Å². The van der Waals surface area contributed by atoms with E-state index < -0.39 is 0 Å². The zero-order chi connectivity index (χ0) is 15.2. The molecule has 2 N–H and O–H groups in total. The van der Waals surface area contributed by atoms with E-state index in [1.165, 1.54) is 0 Å². The summed E-state index contributed by atoms with van der Waals surface area (Å²) in [4.78, 5) is 16.7. The molecule has 1 aromatic heterocycles. The van der Waals surface area contributed by atoms with Crippen molar-refractivity contribution in [2.45, 2.75) is 19.9 Å². The first-order valence-electron chi connectivity index (χ1n) is 6.84. The monoisotopic (exact) mass is 347 g/mol. The molecule has 0 aliphatic heterocycles. The van der Waals surface area contributed by atoms with Gasteiger partial charge < -0.3 is 10.6 Å². The molecule has 0 bridgehead atoms. The SMILES string of the molecule is CCc1cc(C(=O)NCc2ccccc2Br)cc(NC)n1. The van der Waals surface area contributed by atoms with Crippen molar-refractivity contribution in [1.29, 1.82) is 0 Å². The number of nitrogens with zero attached hydrogens (tertiary/aromatic N) is 1. The third-order valence-electron chi connectivity index (χ3n) is 3.16. The smallest absolute Gasteiger partial charge is 0.251 e. The number of aryl methyl sites for hydroxylation is 1. The van der Waals surface area contributed by atoms with Crippen LogP contribution in [0.2, 0.25) is 0 Å². The molecule has 110 valence electrons. The summed E-state index contributed by atoms with van der Waals surface area (Å²) in [6.07, 6.45) is 0.792. The van der Waals surface area contributed by atoms with E-state index in [4.69, 9.17) is 0 Å². The van der Waals surface area contributed by atoms with Gasteiger partial charge in [-0.2, -0.15) is 0 Å². The van der Waals surface area contributed by atoms with Gasteiger partial charge in [0.25, 0.3) is 5.91 Å². The van der Waals surface area contributed by atoms with Crippen molar-refractivity contribution in [3.05, 3.63) is 57.7 Å². The lowest BCUT2D eigenvalue weighted by Crippen LogP contribution is -2.23. The lowest BCUT2D eigenvalue weighted by molar-refractivity contribution is 0.0950. The molecule has 0 aliphatic carbocycles. The topological polar surface area (TPSA) is 54.0 Å². The molecule has 0 atom stereocenters. The molecular weight excluding hydrogens is 330 g/mol. The Morgan fingerprint density at radius 1 is 1.29 bits per heavy atom. The Labute approximate surface area is 133 Å². The van der Waals surface area contributed by atoms with Crippen molar-refractivity contribution in [1.82, 2.24) is 10.3 Å². The molecule has 0 saturated carbocycles. The van der Waals surface area contributed by atoms with Gasteiger partial charge in [0, 0.05) is 29.3 Å². The maximum absolute atomic E-state index is 12.3. The van der Waals surface area contributed by atoms with Crippen LogP contribution >= 0.6 is 15.9 Å². The highest BCUT2D eigenvalue weighted by molar-refractivity contribution is 9.10. The molecule has 0 unspecified atom stereocenters. The molecule has 1 heterocycles. The average molecular weight is 348 g/mol. The largest absolute Gasteiger partial charge is 0.373 e. The quantitative estimate of drug-likeness (QED) is 0.871. The van der Waals surface area contributed by atoms with E-state index in [2.05, 4.69) is 31.5 Å². The lowest BCUT2D eigenvalue weighted by Gasteiger charge is -2.09. The van der Waals surface area contributed by atoms with Crippen LogP contribution in [0.1, 0.15) is 28.5 Å². The van der Waals surface area contributed by atoms with E-state index in [-0.39, 0.29) is 5.91 Å². The highest BCUT2D eigenvalue weighted by Crippen LogP contribution is 2.16. The number of nitrogens with one attached hydrogen (secondary N) is 2. The van der Waals surface area contributed by atoms with Gasteiger partial charge in [-0.3, -0.25) is 4.79 Å². The van der Waals surface area contributed by atoms with Gasteiger partial charge in [0.2, 0.25) is 0 Å². The zero-order valence-corrected chi connectivity index (χ0v) is 13.7. The number of anilines is 1. The molecule has 0 fully saturated rings. The Morgan fingerprint density at radius 3 is 2.71 bits per heavy atom. The van der Waals surface area contributed by atoms with Crippen LogP contribution in [0.25, 0.3) is 0 Å². The van der Waals surface area contributed by atoms with Crippen molar-refractivity contribution >= 4 is 27.7 Å². The standard InChI is InChI=1S/C16H18BrN3O/c1-3-13-8-12(9-15(18-2)20-13)16(21)19-10-11-6-4-5-7-14(11)17/h4-9H,3,10H2,1-2H3,(H,18,20)(H,19,21). The summed E-state index contributed by atoms with van der Waals surface area (Å²) in [7, 11) is 1.80. The second-order valence-corrected chi connectivity index (χ2v) is 5.46. The molecule has 0 radical (unpaired) electrons. The van der Waals surface area contributed by atoms with Crippen LogP contribution in [0.15, 0.2) is 40.9 Å². The highest BCUT2D eigenvalue weighted by atomic mass is 79.9.